The van der Waals surface area contributed by atoms with Crippen molar-refractivity contribution in [2.24, 2.45) is 0 Å². The molecule has 1 N–H and O–H groups in total. The van der Waals surface area contributed by atoms with E-state index < -0.39 is 0 Å². The van der Waals surface area contributed by atoms with Crippen LogP contribution in [0, 0.1) is 0 Å². The van der Waals surface area contributed by atoms with Crippen LogP contribution in [0.1, 0.15) is 11.4 Å². The Morgan fingerprint density at radius 2 is 1.96 bits per heavy atom. The molecular weight excluding hydrogens is 404 g/mol. The number of amides is 1. The summed E-state index contributed by atoms with van der Waals surface area (Å²) < 4.78 is 2.26. The molecule has 0 aliphatic carbocycles. The van der Waals surface area contributed by atoms with Gasteiger partial charge >= 0.3 is 0 Å². The topological polar surface area (TPSA) is 42.0 Å². The Balaban J connectivity index is 1.37. The normalized spacial score (nSPS) is 10.9. The van der Waals surface area contributed by atoms with Crippen LogP contribution in [0.25, 0.3) is 10.2 Å². The third-order valence-electron chi connectivity index (χ3n) is 3.41. The van der Waals surface area contributed by atoms with Crippen LogP contribution < -0.4 is 5.32 Å². The van der Waals surface area contributed by atoms with E-state index in [4.69, 9.17) is 0 Å². The maximum absolute atomic E-state index is 11.9. The molecular formula is C18H17BrN2OS2. The molecule has 6 heteroatoms. The van der Waals surface area contributed by atoms with Crippen molar-refractivity contribution in [1.82, 2.24) is 10.3 Å². The van der Waals surface area contributed by atoms with Gasteiger partial charge in [0.1, 0.15) is 0 Å². The minimum Gasteiger partial charge on any atom is -0.355 e. The summed E-state index contributed by atoms with van der Waals surface area (Å²) in [6.07, 6.45) is 1.19. The van der Waals surface area contributed by atoms with E-state index in [1.807, 2.05) is 30.3 Å². The highest BCUT2D eigenvalue weighted by Gasteiger charge is 2.06. The summed E-state index contributed by atoms with van der Waals surface area (Å²) >= 11 is 6.83. The van der Waals surface area contributed by atoms with Gasteiger partial charge in [-0.15, -0.1) is 23.1 Å². The number of hydrogen-bond donors (Lipinski definition) is 1. The lowest BCUT2D eigenvalue weighted by atomic mass is 10.3. The number of thiazole rings is 1. The lowest BCUT2D eigenvalue weighted by Gasteiger charge is -2.05. The molecule has 0 saturated carbocycles. The summed E-state index contributed by atoms with van der Waals surface area (Å²) in [5.41, 5.74) is 1.02. The second-order valence-electron chi connectivity index (χ2n) is 5.23. The van der Waals surface area contributed by atoms with Crippen molar-refractivity contribution < 1.29 is 4.79 Å². The van der Waals surface area contributed by atoms with E-state index in [9.17, 15) is 4.79 Å². The number of nitrogens with one attached hydrogen (secondary N) is 1. The lowest BCUT2D eigenvalue weighted by molar-refractivity contribution is -0.120. The molecule has 0 bridgehead atoms. The van der Waals surface area contributed by atoms with Crippen molar-refractivity contribution in [2.75, 3.05) is 12.3 Å². The Morgan fingerprint density at radius 1 is 1.17 bits per heavy atom. The number of fused-ring (bicyclic) bond motifs is 1. The summed E-state index contributed by atoms with van der Waals surface area (Å²) in [4.78, 5) is 17.7. The Bertz CT molecular complexity index is 784. The van der Waals surface area contributed by atoms with E-state index in [0.29, 0.717) is 19.4 Å². The summed E-state index contributed by atoms with van der Waals surface area (Å²) in [5, 5.41) is 4.00. The van der Waals surface area contributed by atoms with E-state index in [-0.39, 0.29) is 5.91 Å². The van der Waals surface area contributed by atoms with Crippen LogP contribution in [0.2, 0.25) is 0 Å². The molecule has 3 nitrogen and oxygen atoms in total. The van der Waals surface area contributed by atoms with Crippen molar-refractivity contribution >= 4 is 55.2 Å². The van der Waals surface area contributed by atoms with Crippen LogP contribution in [0.3, 0.4) is 0 Å². The Morgan fingerprint density at radius 3 is 2.75 bits per heavy atom. The number of thioether (sulfide) groups is 1. The van der Waals surface area contributed by atoms with E-state index in [2.05, 4.69) is 44.4 Å². The monoisotopic (exact) mass is 420 g/mol. The standard InChI is InChI=1S/C18H17BrN2OS2/c19-13-5-7-14(8-6-13)23-12-11-20-17(22)9-10-18-21-15-3-1-2-4-16(15)24-18/h1-8H,9-12H2,(H,20,22). The first-order chi connectivity index (χ1) is 11.7. The predicted molar refractivity (Wildman–Crippen MR) is 106 cm³/mol. The van der Waals surface area contributed by atoms with Crippen molar-refractivity contribution in [2.45, 2.75) is 17.7 Å². The SMILES string of the molecule is O=C(CCc1nc2ccccc2s1)NCCSc1ccc(Br)cc1. The molecule has 0 radical (unpaired) electrons. The van der Waals surface area contributed by atoms with Gasteiger partial charge in [0.15, 0.2) is 0 Å². The fraction of sp³-hybridized carbons (Fsp3) is 0.222. The van der Waals surface area contributed by atoms with Crippen molar-refractivity contribution in [3.8, 4) is 0 Å². The second kappa shape index (κ2) is 8.65. The molecule has 1 amide bonds. The molecule has 24 heavy (non-hydrogen) atoms. The lowest BCUT2D eigenvalue weighted by Crippen LogP contribution is -2.25. The number of hydrogen-bond acceptors (Lipinski definition) is 4. The van der Waals surface area contributed by atoms with Gasteiger partial charge in [0.05, 0.1) is 15.2 Å². The van der Waals surface area contributed by atoms with E-state index >= 15 is 0 Å². The van der Waals surface area contributed by atoms with Crippen LogP contribution in [0.4, 0.5) is 0 Å². The van der Waals surface area contributed by atoms with Crippen molar-refractivity contribution in [3.05, 3.63) is 58.0 Å². The first-order valence-electron chi connectivity index (χ1n) is 7.70. The maximum atomic E-state index is 11.9. The average Bonchev–Trinajstić information content (AvgIpc) is 3.01. The largest absolute Gasteiger partial charge is 0.355 e. The van der Waals surface area contributed by atoms with Crippen LogP contribution >= 0.6 is 39.0 Å². The van der Waals surface area contributed by atoms with Gasteiger partial charge in [-0.05, 0) is 36.4 Å². The number of aryl methyl sites for hydroxylation is 1. The van der Waals surface area contributed by atoms with Gasteiger partial charge in [-0.3, -0.25) is 4.79 Å². The molecule has 0 aliphatic heterocycles. The zero-order valence-corrected chi connectivity index (χ0v) is 16.2. The molecule has 3 rings (SSSR count). The molecule has 0 atom stereocenters. The highest BCUT2D eigenvalue weighted by Crippen LogP contribution is 2.22. The molecule has 124 valence electrons. The second-order valence-corrected chi connectivity index (χ2v) is 8.43. The number of rotatable bonds is 7. The van der Waals surface area contributed by atoms with Gasteiger partial charge in [-0.1, -0.05) is 28.1 Å². The minimum absolute atomic E-state index is 0.0886. The fourth-order valence-electron chi connectivity index (χ4n) is 2.23. The van der Waals surface area contributed by atoms with Gasteiger partial charge in [-0.2, -0.15) is 0 Å². The predicted octanol–water partition coefficient (Wildman–Crippen LogP) is 4.90. The van der Waals surface area contributed by atoms with Crippen molar-refractivity contribution in [1.29, 1.82) is 0 Å². The summed E-state index contributed by atoms with van der Waals surface area (Å²) in [5.74, 6) is 0.958. The highest BCUT2D eigenvalue weighted by molar-refractivity contribution is 9.10. The molecule has 3 aromatic rings. The molecule has 1 heterocycles. The fourth-order valence-corrected chi connectivity index (χ4v) is 4.23. The van der Waals surface area contributed by atoms with Crippen molar-refractivity contribution in [3.63, 3.8) is 0 Å². The van der Waals surface area contributed by atoms with Gasteiger partial charge in [0.25, 0.3) is 0 Å². The van der Waals surface area contributed by atoms with Crippen LogP contribution in [0.15, 0.2) is 57.9 Å². The van der Waals surface area contributed by atoms with E-state index in [1.165, 1.54) is 9.60 Å². The molecule has 0 aliphatic rings. The van der Waals surface area contributed by atoms with Crippen LogP contribution in [0.5, 0.6) is 0 Å². The molecule has 0 spiro atoms. The Kier molecular flexibility index (Phi) is 6.29. The minimum atomic E-state index is 0.0886. The smallest absolute Gasteiger partial charge is 0.220 e. The maximum Gasteiger partial charge on any atom is 0.220 e. The molecule has 0 unspecified atom stereocenters. The molecule has 2 aromatic carbocycles. The van der Waals surface area contributed by atoms with Gasteiger partial charge in [-0.25, -0.2) is 4.98 Å². The first-order valence-corrected chi connectivity index (χ1v) is 10.3. The number of benzene rings is 2. The summed E-state index contributed by atoms with van der Waals surface area (Å²) in [6, 6.07) is 16.3. The Labute approximate surface area is 158 Å². The first kappa shape index (κ1) is 17.5. The number of nitrogens with zero attached hydrogens (tertiary/aromatic N) is 1. The summed E-state index contributed by atoms with van der Waals surface area (Å²) in [6.45, 7) is 0.680. The van der Waals surface area contributed by atoms with E-state index in [0.717, 1.165) is 20.7 Å². The van der Waals surface area contributed by atoms with Gasteiger partial charge < -0.3 is 5.32 Å². The van der Waals surface area contributed by atoms with Crippen LogP contribution in [-0.4, -0.2) is 23.2 Å². The zero-order chi connectivity index (χ0) is 16.8. The van der Waals surface area contributed by atoms with E-state index in [1.54, 1.807) is 23.1 Å². The number of carbonyl (C=O) groups excluding carboxylic acids is 1. The zero-order valence-electron chi connectivity index (χ0n) is 13.0. The number of aromatic nitrogens is 1. The third kappa shape index (κ3) is 5.06. The summed E-state index contributed by atoms with van der Waals surface area (Å²) in [7, 11) is 0. The third-order valence-corrected chi connectivity index (χ3v) is 6.05. The van der Waals surface area contributed by atoms with Crippen LogP contribution in [-0.2, 0) is 11.2 Å². The number of halogens is 1. The average molecular weight is 421 g/mol. The molecule has 0 fully saturated rings. The molecule has 1 aromatic heterocycles. The number of para-hydroxylation sites is 1. The quantitative estimate of drug-likeness (QED) is 0.436. The van der Waals surface area contributed by atoms with Gasteiger partial charge in [0, 0.05) is 34.5 Å². The van der Waals surface area contributed by atoms with Gasteiger partial charge in [0.2, 0.25) is 5.91 Å². The highest BCUT2D eigenvalue weighted by atomic mass is 79.9. The molecule has 0 saturated heterocycles. The Hall–Kier alpha value is -1.37. The number of carbonyl (C=O) groups is 1.